The zero-order valence-electron chi connectivity index (χ0n) is 9.72. The molecule has 0 amide bonds. The Morgan fingerprint density at radius 3 is 2.59 bits per heavy atom. The Kier molecular flexibility index (Phi) is 4.32. The molecule has 0 spiro atoms. The smallest absolute Gasteiger partial charge is 0.140 e. The summed E-state index contributed by atoms with van der Waals surface area (Å²) in [7, 11) is 0. The van der Waals surface area contributed by atoms with Gasteiger partial charge in [-0.05, 0) is 36.6 Å². The average molecular weight is 299 g/mol. The minimum Gasteiger partial charge on any atom is -0.299 e. The van der Waals surface area contributed by atoms with Crippen LogP contribution in [-0.2, 0) is 11.2 Å². The summed E-state index contributed by atoms with van der Waals surface area (Å²) >= 11 is 3.25. The Labute approximate surface area is 110 Å². The zero-order chi connectivity index (χ0) is 12.3. The summed E-state index contributed by atoms with van der Waals surface area (Å²) < 4.78 is 13.9. The lowest BCUT2D eigenvalue weighted by molar-refractivity contribution is -0.123. The summed E-state index contributed by atoms with van der Waals surface area (Å²) in [6.07, 6.45) is 5.94. The molecule has 0 saturated heterocycles. The van der Waals surface area contributed by atoms with Crippen molar-refractivity contribution < 1.29 is 9.18 Å². The van der Waals surface area contributed by atoms with Crippen LogP contribution in [0.3, 0.4) is 0 Å². The highest BCUT2D eigenvalue weighted by Crippen LogP contribution is 2.26. The van der Waals surface area contributed by atoms with Crippen molar-refractivity contribution in [1.29, 1.82) is 0 Å². The van der Waals surface area contributed by atoms with E-state index in [1.54, 1.807) is 0 Å². The Hall–Kier alpha value is -0.700. The average Bonchev–Trinajstić information content (AvgIpc) is 2.28. The second kappa shape index (κ2) is 5.76. The molecule has 0 radical (unpaired) electrons. The van der Waals surface area contributed by atoms with Crippen molar-refractivity contribution in [3.8, 4) is 0 Å². The second-order valence-electron chi connectivity index (χ2n) is 4.76. The standard InChI is InChI=1S/C14H16BrFO/c15-12-6-10(7-13(16)9-12)8-14(17)11-4-2-1-3-5-11/h6-7,9,11H,1-5,8H2. The molecule has 0 aromatic heterocycles. The molecular formula is C14H16BrFO. The number of Topliss-reactive ketones (excluding diaryl/α,β-unsaturated/α-hetero) is 1. The third kappa shape index (κ3) is 3.63. The predicted molar refractivity (Wildman–Crippen MR) is 69.4 cm³/mol. The van der Waals surface area contributed by atoms with E-state index in [1.807, 2.05) is 6.07 Å². The Balaban J connectivity index is 2.01. The van der Waals surface area contributed by atoms with Gasteiger partial charge in [0.15, 0.2) is 0 Å². The van der Waals surface area contributed by atoms with Gasteiger partial charge in [-0.15, -0.1) is 0 Å². The molecule has 0 aliphatic heterocycles. The first-order chi connectivity index (χ1) is 8.15. The van der Waals surface area contributed by atoms with Crippen molar-refractivity contribution >= 4 is 21.7 Å². The van der Waals surface area contributed by atoms with Crippen molar-refractivity contribution in [2.75, 3.05) is 0 Å². The lowest BCUT2D eigenvalue weighted by Gasteiger charge is -2.20. The van der Waals surface area contributed by atoms with Crippen LogP contribution in [0.25, 0.3) is 0 Å². The van der Waals surface area contributed by atoms with Crippen molar-refractivity contribution in [2.45, 2.75) is 38.5 Å². The number of hydrogen-bond donors (Lipinski definition) is 0. The number of carbonyl (C=O) groups is 1. The monoisotopic (exact) mass is 298 g/mol. The number of halogens is 2. The van der Waals surface area contributed by atoms with Gasteiger partial charge in [0.2, 0.25) is 0 Å². The molecule has 17 heavy (non-hydrogen) atoms. The molecule has 1 nitrogen and oxygen atoms in total. The summed E-state index contributed by atoms with van der Waals surface area (Å²) in [5, 5.41) is 0. The number of benzene rings is 1. The van der Waals surface area contributed by atoms with E-state index in [9.17, 15) is 9.18 Å². The normalized spacial score (nSPS) is 17.1. The molecule has 0 bridgehead atoms. The molecule has 1 aromatic carbocycles. The van der Waals surface area contributed by atoms with Gasteiger partial charge in [-0.2, -0.15) is 0 Å². The number of rotatable bonds is 3. The Morgan fingerprint density at radius 1 is 1.24 bits per heavy atom. The van der Waals surface area contributed by atoms with Crippen molar-refractivity contribution in [1.82, 2.24) is 0 Å². The Bertz CT molecular complexity index is 390. The van der Waals surface area contributed by atoms with Gasteiger partial charge in [-0.25, -0.2) is 4.39 Å². The fourth-order valence-electron chi connectivity index (χ4n) is 2.48. The largest absolute Gasteiger partial charge is 0.299 e. The van der Waals surface area contributed by atoms with Crippen LogP contribution in [0.2, 0.25) is 0 Å². The first-order valence-corrected chi connectivity index (χ1v) is 6.92. The highest BCUT2D eigenvalue weighted by Gasteiger charge is 2.21. The molecular weight excluding hydrogens is 283 g/mol. The van der Waals surface area contributed by atoms with Crippen LogP contribution in [-0.4, -0.2) is 5.78 Å². The topological polar surface area (TPSA) is 17.1 Å². The summed E-state index contributed by atoms with van der Waals surface area (Å²) in [5.74, 6) is 0.179. The van der Waals surface area contributed by atoms with Gasteiger partial charge in [0, 0.05) is 16.8 Å². The number of ketones is 1. The van der Waals surface area contributed by atoms with E-state index >= 15 is 0 Å². The minimum absolute atomic E-state index is 0.200. The van der Waals surface area contributed by atoms with Gasteiger partial charge in [0.05, 0.1) is 0 Å². The van der Waals surface area contributed by atoms with E-state index in [0.29, 0.717) is 10.9 Å². The molecule has 0 atom stereocenters. The molecule has 1 saturated carbocycles. The molecule has 92 valence electrons. The van der Waals surface area contributed by atoms with Crippen LogP contribution < -0.4 is 0 Å². The van der Waals surface area contributed by atoms with E-state index in [0.717, 1.165) is 31.2 Å². The second-order valence-corrected chi connectivity index (χ2v) is 5.67. The van der Waals surface area contributed by atoms with Crippen LogP contribution in [0.1, 0.15) is 37.7 Å². The molecule has 1 aliphatic carbocycles. The SMILES string of the molecule is O=C(Cc1cc(F)cc(Br)c1)C1CCCCC1. The summed E-state index contributed by atoms with van der Waals surface area (Å²) in [6, 6.07) is 4.68. The molecule has 0 heterocycles. The summed E-state index contributed by atoms with van der Waals surface area (Å²) in [5.41, 5.74) is 0.771. The van der Waals surface area contributed by atoms with E-state index in [-0.39, 0.29) is 17.5 Å². The fraction of sp³-hybridized carbons (Fsp3) is 0.500. The number of hydrogen-bond acceptors (Lipinski definition) is 1. The van der Waals surface area contributed by atoms with Gasteiger partial charge in [0.25, 0.3) is 0 Å². The van der Waals surface area contributed by atoms with Crippen molar-refractivity contribution in [3.05, 3.63) is 34.1 Å². The Morgan fingerprint density at radius 2 is 1.94 bits per heavy atom. The maximum Gasteiger partial charge on any atom is 0.140 e. The lowest BCUT2D eigenvalue weighted by Crippen LogP contribution is -2.19. The van der Waals surface area contributed by atoms with E-state index < -0.39 is 0 Å². The third-order valence-corrected chi connectivity index (χ3v) is 3.82. The molecule has 1 aliphatic rings. The van der Waals surface area contributed by atoms with Crippen LogP contribution >= 0.6 is 15.9 Å². The van der Waals surface area contributed by atoms with Crippen LogP contribution in [0.4, 0.5) is 4.39 Å². The predicted octanol–water partition coefficient (Wildman–Crippen LogP) is 4.28. The maximum absolute atomic E-state index is 13.2. The van der Waals surface area contributed by atoms with Gasteiger partial charge in [-0.3, -0.25) is 4.79 Å². The fourth-order valence-corrected chi connectivity index (χ4v) is 3.00. The van der Waals surface area contributed by atoms with Crippen LogP contribution in [0.15, 0.2) is 22.7 Å². The summed E-state index contributed by atoms with van der Waals surface area (Å²) in [6.45, 7) is 0. The van der Waals surface area contributed by atoms with Crippen molar-refractivity contribution in [3.63, 3.8) is 0 Å². The molecule has 0 unspecified atom stereocenters. The molecule has 2 rings (SSSR count). The molecule has 0 N–H and O–H groups in total. The number of carbonyl (C=O) groups excluding carboxylic acids is 1. The highest BCUT2D eigenvalue weighted by atomic mass is 79.9. The highest BCUT2D eigenvalue weighted by molar-refractivity contribution is 9.10. The van der Waals surface area contributed by atoms with Gasteiger partial charge >= 0.3 is 0 Å². The zero-order valence-corrected chi connectivity index (χ0v) is 11.3. The quantitative estimate of drug-likeness (QED) is 0.814. The minimum atomic E-state index is -0.286. The van der Waals surface area contributed by atoms with E-state index in [1.165, 1.54) is 18.6 Å². The van der Waals surface area contributed by atoms with Crippen LogP contribution in [0.5, 0.6) is 0 Å². The molecule has 1 fully saturated rings. The van der Waals surface area contributed by atoms with Gasteiger partial charge < -0.3 is 0 Å². The van der Waals surface area contributed by atoms with E-state index in [4.69, 9.17) is 0 Å². The molecule has 1 aromatic rings. The third-order valence-electron chi connectivity index (χ3n) is 3.36. The van der Waals surface area contributed by atoms with Crippen molar-refractivity contribution in [2.24, 2.45) is 5.92 Å². The first-order valence-electron chi connectivity index (χ1n) is 6.13. The lowest BCUT2D eigenvalue weighted by atomic mass is 9.84. The van der Waals surface area contributed by atoms with Gasteiger partial charge in [-0.1, -0.05) is 35.2 Å². The van der Waals surface area contributed by atoms with E-state index in [2.05, 4.69) is 15.9 Å². The molecule has 3 heteroatoms. The maximum atomic E-state index is 13.2. The first kappa shape index (κ1) is 12.7. The van der Waals surface area contributed by atoms with Gasteiger partial charge in [0.1, 0.15) is 11.6 Å². The summed E-state index contributed by atoms with van der Waals surface area (Å²) in [4.78, 5) is 12.1. The van der Waals surface area contributed by atoms with Crippen LogP contribution in [0, 0.1) is 11.7 Å².